The highest BCUT2D eigenvalue weighted by Crippen LogP contribution is 2.12. The molecule has 0 saturated carbocycles. The standard InChI is InChI=1S/C11H22N2O3/c1-11(2,3)16-10(14)13-6-8-7-15-5-4-9(8)12/h8-9H,4-7,12H2,1-3H3,(H,13,14)/t8-,9-/m1/s1. The van der Waals surface area contributed by atoms with E-state index in [1.54, 1.807) is 0 Å². The number of carbonyl (C=O) groups is 1. The van der Waals surface area contributed by atoms with E-state index in [-0.39, 0.29) is 12.0 Å². The van der Waals surface area contributed by atoms with Crippen molar-refractivity contribution in [1.82, 2.24) is 5.32 Å². The van der Waals surface area contributed by atoms with Crippen LogP contribution in [-0.2, 0) is 9.47 Å². The topological polar surface area (TPSA) is 73.6 Å². The Balaban J connectivity index is 2.25. The van der Waals surface area contributed by atoms with Gasteiger partial charge in [-0.15, -0.1) is 0 Å². The fraction of sp³-hybridized carbons (Fsp3) is 0.909. The van der Waals surface area contributed by atoms with Gasteiger partial charge in [0.25, 0.3) is 0 Å². The first-order valence-electron chi connectivity index (χ1n) is 5.68. The molecule has 0 aromatic carbocycles. The van der Waals surface area contributed by atoms with E-state index < -0.39 is 11.7 Å². The second kappa shape index (κ2) is 5.50. The van der Waals surface area contributed by atoms with E-state index in [0.717, 1.165) is 6.42 Å². The second-order valence-electron chi connectivity index (χ2n) is 5.17. The van der Waals surface area contributed by atoms with E-state index in [1.165, 1.54) is 0 Å². The number of nitrogens with two attached hydrogens (primary N) is 1. The first-order chi connectivity index (χ1) is 7.38. The van der Waals surface area contributed by atoms with Gasteiger partial charge in [0.1, 0.15) is 5.60 Å². The Hall–Kier alpha value is -0.810. The van der Waals surface area contributed by atoms with Gasteiger partial charge in [-0.2, -0.15) is 0 Å². The maximum Gasteiger partial charge on any atom is 0.407 e. The number of hydrogen-bond donors (Lipinski definition) is 2. The molecule has 0 aromatic heterocycles. The maximum absolute atomic E-state index is 11.4. The summed E-state index contributed by atoms with van der Waals surface area (Å²) >= 11 is 0. The Bertz CT molecular complexity index is 238. The molecular formula is C11H22N2O3. The van der Waals surface area contributed by atoms with Gasteiger partial charge in [-0.1, -0.05) is 0 Å². The van der Waals surface area contributed by atoms with Crippen LogP contribution in [0, 0.1) is 5.92 Å². The van der Waals surface area contributed by atoms with Gasteiger partial charge in [0.05, 0.1) is 6.61 Å². The van der Waals surface area contributed by atoms with Crippen molar-refractivity contribution in [3.05, 3.63) is 0 Å². The van der Waals surface area contributed by atoms with Crippen molar-refractivity contribution in [2.75, 3.05) is 19.8 Å². The van der Waals surface area contributed by atoms with E-state index in [0.29, 0.717) is 19.8 Å². The maximum atomic E-state index is 11.4. The highest BCUT2D eigenvalue weighted by molar-refractivity contribution is 5.67. The lowest BCUT2D eigenvalue weighted by Gasteiger charge is -2.29. The Kier molecular flexibility index (Phi) is 4.56. The zero-order valence-electron chi connectivity index (χ0n) is 10.3. The SMILES string of the molecule is CC(C)(C)OC(=O)NC[C@@H]1COCC[C@H]1N. The molecule has 1 amide bonds. The minimum atomic E-state index is -0.463. The highest BCUT2D eigenvalue weighted by atomic mass is 16.6. The van der Waals surface area contributed by atoms with Crippen LogP contribution >= 0.6 is 0 Å². The van der Waals surface area contributed by atoms with Gasteiger partial charge in [-0.3, -0.25) is 0 Å². The number of ether oxygens (including phenoxy) is 2. The van der Waals surface area contributed by atoms with Crippen LogP contribution in [0.4, 0.5) is 4.79 Å². The molecule has 1 aliphatic heterocycles. The largest absolute Gasteiger partial charge is 0.444 e. The minimum Gasteiger partial charge on any atom is -0.444 e. The average molecular weight is 230 g/mol. The van der Waals surface area contributed by atoms with Crippen LogP contribution in [-0.4, -0.2) is 37.5 Å². The van der Waals surface area contributed by atoms with E-state index in [2.05, 4.69) is 5.32 Å². The van der Waals surface area contributed by atoms with Crippen LogP contribution in [0.15, 0.2) is 0 Å². The summed E-state index contributed by atoms with van der Waals surface area (Å²) in [7, 11) is 0. The van der Waals surface area contributed by atoms with Crippen LogP contribution in [0.3, 0.4) is 0 Å². The molecule has 0 aromatic rings. The monoisotopic (exact) mass is 230 g/mol. The number of alkyl carbamates (subject to hydrolysis) is 1. The number of nitrogens with one attached hydrogen (secondary N) is 1. The molecule has 1 saturated heterocycles. The van der Waals surface area contributed by atoms with E-state index >= 15 is 0 Å². The van der Waals surface area contributed by atoms with Crippen molar-refractivity contribution in [3.63, 3.8) is 0 Å². The van der Waals surface area contributed by atoms with E-state index in [1.807, 2.05) is 20.8 Å². The molecule has 5 nitrogen and oxygen atoms in total. The van der Waals surface area contributed by atoms with Gasteiger partial charge < -0.3 is 20.5 Å². The number of rotatable bonds is 2. The van der Waals surface area contributed by atoms with E-state index in [4.69, 9.17) is 15.2 Å². The molecule has 0 aliphatic carbocycles. The van der Waals surface area contributed by atoms with Crippen LogP contribution in [0.2, 0.25) is 0 Å². The summed E-state index contributed by atoms with van der Waals surface area (Å²) in [5.41, 5.74) is 5.46. The van der Waals surface area contributed by atoms with Crippen molar-refractivity contribution in [2.24, 2.45) is 11.7 Å². The zero-order chi connectivity index (χ0) is 12.2. The third-order valence-electron chi connectivity index (χ3n) is 2.44. The second-order valence-corrected chi connectivity index (χ2v) is 5.17. The molecule has 1 rings (SSSR count). The lowest BCUT2D eigenvalue weighted by molar-refractivity contribution is 0.0332. The van der Waals surface area contributed by atoms with E-state index in [9.17, 15) is 4.79 Å². The molecule has 94 valence electrons. The van der Waals surface area contributed by atoms with Gasteiger partial charge in [0, 0.05) is 25.1 Å². The summed E-state index contributed by atoms with van der Waals surface area (Å²) in [6.45, 7) is 7.34. The molecule has 1 fully saturated rings. The molecule has 1 aliphatic rings. The fourth-order valence-corrected chi connectivity index (χ4v) is 1.55. The number of amides is 1. The molecule has 0 unspecified atom stereocenters. The normalized spacial score (nSPS) is 26.2. The zero-order valence-corrected chi connectivity index (χ0v) is 10.3. The molecule has 0 spiro atoms. The number of carbonyl (C=O) groups excluding carboxylic acids is 1. The molecule has 5 heteroatoms. The quantitative estimate of drug-likeness (QED) is 0.738. The third kappa shape index (κ3) is 4.81. The Morgan fingerprint density at radius 1 is 1.56 bits per heavy atom. The van der Waals surface area contributed by atoms with Crippen LogP contribution < -0.4 is 11.1 Å². The van der Waals surface area contributed by atoms with Crippen molar-refractivity contribution < 1.29 is 14.3 Å². The lowest BCUT2D eigenvalue weighted by Crippen LogP contribution is -2.45. The minimum absolute atomic E-state index is 0.101. The summed E-state index contributed by atoms with van der Waals surface area (Å²) in [4.78, 5) is 11.4. The summed E-state index contributed by atoms with van der Waals surface area (Å²) in [5.74, 6) is 0.182. The molecule has 1 heterocycles. The molecule has 16 heavy (non-hydrogen) atoms. The van der Waals surface area contributed by atoms with Crippen LogP contribution in [0.1, 0.15) is 27.2 Å². The Morgan fingerprint density at radius 3 is 2.81 bits per heavy atom. The predicted octanol–water partition coefficient (Wildman–Crippen LogP) is 0.875. The van der Waals surface area contributed by atoms with Gasteiger partial charge >= 0.3 is 6.09 Å². The van der Waals surface area contributed by atoms with Crippen molar-refractivity contribution in [2.45, 2.75) is 38.8 Å². The summed E-state index contributed by atoms with van der Waals surface area (Å²) in [5, 5.41) is 2.72. The lowest BCUT2D eigenvalue weighted by atomic mass is 9.97. The van der Waals surface area contributed by atoms with Crippen LogP contribution in [0.5, 0.6) is 0 Å². The first kappa shape index (κ1) is 13.3. The number of hydrogen-bond acceptors (Lipinski definition) is 4. The van der Waals surface area contributed by atoms with Gasteiger partial charge in [0.2, 0.25) is 0 Å². The first-order valence-corrected chi connectivity index (χ1v) is 5.68. The molecule has 2 atom stereocenters. The molecule has 3 N–H and O–H groups in total. The summed E-state index contributed by atoms with van der Waals surface area (Å²) in [6, 6.07) is 0.101. The average Bonchev–Trinajstić information content (AvgIpc) is 2.14. The Morgan fingerprint density at radius 2 is 2.25 bits per heavy atom. The molecule has 0 bridgehead atoms. The summed E-state index contributed by atoms with van der Waals surface area (Å²) in [6.07, 6.45) is 0.450. The van der Waals surface area contributed by atoms with Gasteiger partial charge in [0.15, 0.2) is 0 Å². The predicted molar refractivity (Wildman–Crippen MR) is 61.1 cm³/mol. The third-order valence-corrected chi connectivity index (χ3v) is 2.44. The van der Waals surface area contributed by atoms with Crippen LogP contribution in [0.25, 0.3) is 0 Å². The fourth-order valence-electron chi connectivity index (χ4n) is 1.55. The van der Waals surface area contributed by atoms with Crippen molar-refractivity contribution in [1.29, 1.82) is 0 Å². The summed E-state index contributed by atoms with van der Waals surface area (Å²) < 4.78 is 10.4. The van der Waals surface area contributed by atoms with Gasteiger partial charge in [-0.05, 0) is 27.2 Å². The smallest absolute Gasteiger partial charge is 0.407 e. The molecule has 0 radical (unpaired) electrons. The Labute approximate surface area is 96.7 Å². The molecular weight excluding hydrogens is 208 g/mol. The van der Waals surface area contributed by atoms with Gasteiger partial charge in [-0.25, -0.2) is 4.79 Å². The van der Waals surface area contributed by atoms with Crippen molar-refractivity contribution in [3.8, 4) is 0 Å². The van der Waals surface area contributed by atoms with Crippen molar-refractivity contribution >= 4 is 6.09 Å². The highest BCUT2D eigenvalue weighted by Gasteiger charge is 2.24.